The van der Waals surface area contributed by atoms with Crippen LogP contribution in [0.25, 0.3) is 33.3 Å². The van der Waals surface area contributed by atoms with E-state index in [9.17, 15) is 19.8 Å². The number of nitrogens with zero attached hydrogens (tertiary/aromatic N) is 2. The molecule has 5 N–H and O–H groups in total. The number of imidazole rings is 1. The van der Waals surface area contributed by atoms with Gasteiger partial charge in [-0.3, -0.25) is 9.59 Å². The highest BCUT2D eigenvalue weighted by molar-refractivity contribution is 6.00. The maximum Gasteiger partial charge on any atom is 0.252 e. The second-order valence-corrected chi connectivity index (χ2v) is 12.1. The lowest BCUT2D eigenvalue weighted by atomic mass is 9.95. The topological polar surface area (TPSA) is 145 Å². The molecule has 0 spiro atoms. The molecule has 1 aliphatic carbocycles. The Morgan fingerprint density at radius 2 is 1.95 bits per heavy atom. The number of H-pyrrole nitrogens is 1. The van der Waals surface area contributed by atoms with Crippen LogP contribution in [0.2, 0.25) is 0 Å². The van der Waals surface area contributed by atoms with Gasteiger partial charge in [0.1, 0.15) is 23.9 Å². The van der Waals surface area contributed by atoms with Crippen LogP contribution >= 0.6 is 0 Å². The van der Waals surface area contributed by atoms with Crippen molar-refractivity contribution in [3.05, 3.63) is 72.3 Å². The zero-order valence-corrected chi connectivity index (χ0v) is 24.4. The number of benzene rings is 2. The average molecular weight is 584 g/mol. The minimum Gasteiger partial charge on any atom is -0.508 e. The van der Waals surface area contributed by atoms with Crippen LogP contribution in [0.5, 0.6) is 5.75 Å². The summed E-state index contributed by atoms with van der Waals surface area (Å²) < 4.78 is 7.65. The third kappa shape index (κ3) is 5.87. The fraction of sp³-hybridized carbons (Fsp3) is 0.364. The van der Waals surface area contributed by atoms with E-state index in [0.717, 1.165) is 46.2 Å². The number of amides is 2. The summed E-state index contributed by atoms with van der Waals surface area (Å²) in [5.74, 6) is 0.0882. The largest absolute Gasteiger partial charge is 0.508 e. The summed E-state index contributed by atoms with van der Waals surface area (Å²) in [6.45, 7) is 3.16. The van der Waals surface area contributed by atoms with Crippen LogP contribution < -0.4 is 10.6 Å². The van der Waals surface area contributed by atoms with Crippen molar-refractivity contribution in [2.75, 3.05) is 6.61 Å². The van der Waals surface area contributed by atoms with E-state index in [1.54, 1.807) is 62.9 Å². The van der Waals surface area contributed by atoms with Crippen molar-refractivity contribution in [3.8, 4) is 17.1 Å². The van der Waals surface area contributed by atoms with Gasteiger partial charge in [0.05, 0.1) is 35.0 Å². The van der Waals surface area contributed by atoms with Crippen LogP contribution in [0.15, 0.2) is 65.6 Å². The summed E-state index contributed by atoms with van der Waals surface area (Å²) in [5, 5.41) is 26.3. The average Bonchev–Trinajstić information content (AvgIpc) is 3.75. The Morgan fingerprint density at radius 3 is 2.70 bits per heavy atom. The number of aliphatic hydroxyl groups excluding tert-OH is 1. The molecule has 43 heavy (non-hydrogen) atoms. The summed E-state index contributed by atoms with van der Waals surface area (Å²) in [7, 11) is 0. The number of hydrogen-bond acceptors (Lipinski definition) is 6. The van der Waals surface area contributed by atoms with Crippen LogP contribution in [0.3, 0.4) is 0 Å². The first-order valence-corrected chi connectivity index (χ1v) is 14.8. The highest BCUT2D eigenvalue weighted by Crippen LogP contribution is 2.36. The first-order valence-electron chi connectivity index (χ1n) is 14.8. The number of hydrogen-bond donors (Lipinski definition) is 5. The normalized spacial score (nSPS) is 15.1. The van der Waals surface area contributed by atoms with Crippen molar-refractivity contribution in [1.82, 2.24) is 25.2 Å². The van der Waals surface area contributed by atoms with Crippen LogP contribution in [-0.4, -0.2) is 54.8 Å². The third-order valence-corrected chi connectivity index (χ3v) is 8.32. The van der Waals surface area contributed by atoms with Gasteiger partial charge in [-0.25, -0.2) is 4.98 Å². The fourth-order valence-corrected chi connectivity index (χ4v) is 6.01. The zero-order chi connectivity index (χ0) is 30.1. The van der Waals surface area contributed by atoms with E-state index in [1.807, 2.05) is 12.1 Å². The molecule has 0 unspecified atom stereocenters. The molecule has 0 saturated heterocycles. The number of carbonyl (C=O) groups is 2. The quantitative estimate of drug-likeness (QED) is 0.161. The molecule has 3 aromatic heterocycles. The number of aromatic amines is 1. The SMILES string of the molecule is CC(C)(CO)NC(=O)[C@H](Cc1c[nH]c2ccc(O)cc12)NC(=O)c1ccc2c(c1)nc(-c1ccoc1)n2C1CCCCC1. The molecule has 2 amide bonds. The number of phenols is 1. The number of phenolic OH excluding ortho intramolecular Hbond substituents is 1. The summed E-state index contributed by atoms with van der Waals surface area (Å²) in [4.78, 5) is 35.2. The molecule has 0 bridgehead atoms. The summed E-state index contributed by atoms with van der Waals surface area (Å²) in [6.07, 6.45) is 11.0. The zero-order valence-electron chi connectivity index (χ0n) is 24.4. The van der Waals surface area contributed by atoms with Gasteiger partial charge in [0.15, 0.2) is 0 Å². The smallest absolute Gasteiger partial charge is 0.252 e. The molecule has 0 radical (unpaired) electrons. The second kappa shape index (κ2) is 11.6. The number of furan rings is 1. The molecule has 224 valence electrons. The summed E-state index contributed by atoms with van der Waals surface area (Å²) in [6, 6.07) is 11.7. The Kier molecular flexibility index (Phi) is 7.70. The molecule has 5 aromatic rings. The molecule has 10 nitrogen and oxygen atoms in total. The van der Waals surface area contributed by atoms with E-state index in [-0.39, 0.29) is 18.8 Å². The van der Waals surface area contributed by atoms with Crippen LogP contribution in [0, 0.1) is 0 Å². The Bertz CT molecular complexity index is 1760. The van der Waals surface area contributed by atoms with Crippen molar-refractivity contribution < 1.29 is 24.2 Å². The van der Waals surface area contributed by atoms with Crippen molar-refractivity contribution in [2.45, 2.75) is 70.0 Å². The number of rotatable bonds is 9. The van der Waals surface area contributed by atoms with Crippen LogP contribution in [0.4, 0.5) is 0 Å². The van der Waals surface area contributed by atoms with E-state index in [1.165, 1.54) is 19.3 Å². The number of nitrogens with one attached hydrogen (secondary N) is 3. The number of fused-ring (bicyclic) bond motifs is 2. The minimum absolute atomic E-state index is 0.107. The molecule has 6 rings (SSSR count). The van der Waals surface area contributed by atoms with E-state index in [4.69, 9.17) is 9.40 Å². The molecule has 0 aliphatic heterocycles. The first-order chi connectivity index (χ1) is 20.7. The molecule has 1 aliphatic rings. The monoisotopic (exact) mass is 583 g/mol. The van der Waals surface area contributed by atoms with Gasteiger partial charge in [-0.1, -0.05) is 19.3 Å². The molecule has 1 saturated carbocycles. The molecular formula is C33H37N5O5. The van der Waals surface area contributed by atoms with Crippen LogP contribution in [-0.2, 0) is 11.2 Å². The van der Waals surface area contributed by atoms with Gasteiger partial charge < -0.3 is 34.8 Å². The summed E-state index contributed by atoms with van der Waals surface area (Å²) >= 11 is 0. The predicted molar refractivity (Wildman–Crippen MR) is 164 cm³/mol. The number of aliphatic hydroxyl groups is 1. The molecule has 1 atom stereocenters. The second-order valence-electron chi connectivity index (χ2n) is 12.1. The van der Waals surface area contributed by atoms with Gasteiger partial charge in [0, 0.05) is 35.1 Å². The van der Waals surface area contributed by atoms with E-state index in [0.29, 0.717) is 17.1 Å². The van der Waals surface area contributed by atoms with Crippen LogP contribution in [0.1, 0.15) is 67.9 Å². The standard InChI is InChI=1S/C33H37N5O5/c1-33(2,19-39)37-32(42)28(15-22-17-34-26-10-9-24(40)16-25(22)26)36-31(41)20-8-11-29-27(14-20)35-30(21-12-13-43-18-21)38(29)23-6-4-3-5-7-23/h8-14,16-18,23,28,34,39-40H,3-7,15,19H2,1-2H3,(H,36,41)(H,37,42)/t28-/m0/s1. The third-order valence-electron chi connectivity index (χ3n) is 8.32. The van der Waals surface area contributed by atoms with Gasteiger partial charge >= 0.3 is 0 Å². The Balaban J connectivity index is 1.32. The number of aromatic nitrogens is 3. The Morgan fingerprint density at radius 1 is 1.14 bits per heavy atom. The van der Waals surface area contributed by atoms with E-state index >= 15 is 0 Å². The van der Waals surface area contributed by atoms with Crippen molar-refractivity contribution >= 4 is 33.8 Å². The Labute approximate surface area is 249 Å². The highest BCUT2D eigenvalue weighted by Gasteiger charge is 2.29. The van der Waals surface area contributed by atoms with Gasteiger partial charge in [-0.15, -0.1) is 0 Å². The van der Waals surface area contributed by atoms with Crippen molar-refractivity contribution in [3.63, 3.8) is 0 Å². The fourth-order valence-electron chi connectivity index (χ4n) is 6.01. The molecule has 2 aromatic carbocycles. The minimum atomic E-state index is -0.948. The van der Waals surface area contributed by atoms with Gasteiger partial charge in [-0.05, 0) is 74.7 Å². The lowest BCUT2D eigenvalue weighted by Gasteiger charge is -2.27. The van der Waals surface area contributed by atoms with Gasteiger partial charge in [0.2, 0.25) is 5.91 Å². The van der Waals surface area contributed by atoms with E-state index < -0.39 is 23.4 Å². The maximum atomic E-state index is 13.7. The Hall–Kier alpha value is -4.57. The van der Waals surface area contributed by atoms with Gasteiger partial charge in [0.25, 0.3) is 5.91 Å². The molecule has 1 fully saturated rings. The molecular weight excluding hydrogens is 546 g/mol. The van der Waals surface area contributed by atoms with E-state index in [2.05, 4.69) is 20.2 Å². The number of carbonyl (C=O) groups excluding carboxylic acids is 2. The molecule has 3 heterocycles. The molecule has 10 heteroatoms. The van der Waals surface area contributed by atoms with Crippen molar-refractivity contribution in [2.24, 2.45) is 0 Å². The lowest BCUT2D eigenvalue weighted by Crippen LogP contribution is -2.55. The highest BCUT2D eigenvalue weighted by atomic mass is 16.3. The van der Waals surface area contributed by atoms with Crippen molar-refractivity contribution in [1.29, 1.82) is 0 Å². The maximum absolute atomic E-state index is 13.7. The first kappa shape index (κ1) is 28.5. The lowest BCUT2D eigenvalue weighted by molar-refractivity contribution is -0.125. The summed E-state index contributed by atoms with van der Waals surface area (Å²) in [5.41, 5.74) is 3.62. The van der Waals surface area contributed by atoms with Gasteiger partial charge in [-0.2, -0.15) is 0 Å². The number of aromatic hydroxyl groups is 1. The predicted octanol–water partition coefficient (Wildman–Crippen LogP) is 5.22.